The van der Waals surface area contributed by atoms with Crippen LogP contribution in [0.3, 0.4) is 0 Å². The Labute approximate surface area is 128 Å². The van der Waals surface area contributed by atoms with Crippen LogP contribution < -0.4 is 5.32 Å². The zero-order valence-electron chi connectivity index (χ0n) is 10.9. The lowest BCUT2D eigenvalue weighted by atomic mass is 10.1. The molecule has 1 heterocycles. The van der Waals surface area contributed by atoms with Crippen molar-refractivity contribution in [3.63, 3.8) is 0 Å². The Morgan fingerprint density at radius 3 is 2.86 bits per heavy atom. The van der Waals surface area contributed by atoms with Gasteiger partial charge in [0.05, 0.1) is 11.3 Å². The fraction of sp³-hybridized carbons (Fsp3) is 0.154. The molecule has 0 saturated heterocycles. The Morgan fingerprint density at radius 2 is 2.19 bits per heavy atom. The Kier molecular flexibility index (Phi) is 4.71. The van der Waals surface area contributed by atoms with E-state index in [0.717, 1.165) is 0 Å². The van der Waals surface area contributed by atoms with Gasteiger partial charge in [0.15, 0.2) is 11.5 Å². The average Bonchev–Trinajstić information content (AvgIpc) is 2.89. The molecule has 2 rings (SSSR count). The number of rotatable bonds is 5. The van der Waals surface area contributed by atoms with Gasteiger partial charge in [0.1, 0.15) is 6.61 Å². The van der Waals surface area contributed by atoms with Gasteiger partial charge in [0, 0.05) is 17.6 Å². The van der Waals surface area contributed by atoms with Crippen molar-refractivity contribution in [1.82, 2.24) is 5.16 Å². The number of halogens is 1. The summed E-state index contributed by atoms with van der Waals surface area (Å²) in [5.41, 5.74) is 0.187. The summed E-state index contributed by atoms with van der Waals surface area (Å²) in [6.45, 7) is 0.193. The molecule has 1 aromatic heterocycles. The lowest BCUT2D eigenvalue weighted by Crippen LogP contribution is -2.15. The van der Waals surface area contributed by atoms with E-state index in [1.807, 2.05) is 0 Å². The first-order chi connectivity index (χ1) is 10.0. The number of nitrogens with zero attached hydrogens (tertiary/aromatic N) is 1. The van der Waals surface area contributed by atoms with Crippen LogP contribution in [0.2, 0.25) is 0 Å². The summed E-state index contributed by atoms with van der Waals surface area (Å²) >= 11 is 3.18. The number of benzene rings is 1. The van der Waals surface area contributed by atoms with E-state index < -0.39 is 11.9 Å². The summed E-state index contributed by atoms with van der Waals surface area (Å²) in [4.78, 5) is 23.2. The van der Waals surface area contributed by atoms with Gasteiger partial charge in [-0.25, -0.2) is 4.79 Å². The molecule has 21 heavy (non-hydrogen) atoms. The number of amides is 1. The van der Waals surface area contributed by atoms with Crippen molar-refractivity contribution in [3.8, 4) is 0 Å². The zero-order valence-corrected chi connectivity index (χ0v) is 12.5. The van der Waals surface area contributed by atoms with Gasteiger partial charge in [-0.05, 0) is 18.2 Å². The molecule has 0 unspecified atom stereocenters. The van der Waals surface area contributed by atoms with E-state index >= 15 is 0 Å². The fourth-order valence-corrected chi connectivity index (χ4v) is 1.98. The maximum atomic E-state index is 12.0. The molecule has 2 aromatic rings. The Morgan fingerprint density at radius 1 is 1.43 bits per heavy atom. The lowest BCUT2D eigenvalue weighted by Gasteiger charge is -2.07. The van der Waals surface area contributed by atoms with Gasteiger partial charge in [-0.2, -0.15) is 0 Å². The van der Waals surface area contributed by atoms with Crippen LogP contribution in [-0.4, -0.2) is 29.2 Å². The van der Waals surface area contributed by atoms with E-state index in [-0.39, 0.29) is 23.6 Å². The van der Waals surface area contributed by atoms with Gasteiger partial charge in [-0.15, -0.1) is 0 Å². The number of aromatic nitrogens is 1. The van der Waals surface area contributed by atoms with Gasteiger partial charge >= 0.3 is 5.97 Å². The number of carbonyl (C=O) groups excluding carboxylic acids is 1. The van der Waals surface area contributed by atoms with Crippen LogP contribution in [-0.2, 0) is 11.3 Å². The second kappa shape index (κ2) is 6.51. The number of hydrogen-bond donors (Lipinski definition) is 2. The number of methoxy groups -OCH3 is 1. The standard InChI is InChI=1S/C13H11BrN2O5/c1-20-6-8-5-11(16-21-8)12(17)15-10-3-2-7(14)4-9(10)13(18)19/h2-5H,6H2,1H3,(H,15,17)(H,18,19). The summed E-state index contributed by atoms with van der Waals surface area (Å²) in [6, 6.07) is 5.94. The first kappa shape index (κ1) is 15.2. The van der Waals surface area contributed by atoms with Crippen LogP contribution in [0.4, 0.5) is 5.69 Å². The molecule has 0 aliphatic carbocycles. The number of nitrogens with one attached hydrogen (secondary N) is 1. The number of carboxylic acid groups (broad SMARTS) is 1. The van der Waals surface area contributed by atoms with E-state index in [4.69, 9.17) is 14.4 Å². The highest BCUT2D eigenvalue weighted by Crippen LogP contribution is 2.21. The highest BCUT2D eigenvalue weighted by atomic mass is 79.9. The molecule has 0 atom stereocenters. The van der Waals surface area contributed by atoms with E-state index in [9.17, 15) is 9.59 Å². The van der Waals surface area contributed by atoms with E-state index in [1.165, 1.54) is 25.3 Å². The summed E-state index contributed by atoms with van der Waals surface area (Å²) in [5, 5.41) is 15.2. The molecule has 0 fully saturated rings. The molecule has 2 N–H and O–H groups in total. The highest BCUT2D eigenvalue weighted by molar-refractivity contribution is 9.10. The van der Waals surface area contributed by atoms with Gasteiger partial charge in [-0.1, -0.05) is 21.1 Å². The van der Waals surface area contributed by atoms with Gasteiger partial charge in [-0.3, -0.25) is 4.79 Å². The lowest BCUT2D eigenvalue weighted by molar-refractivity contribution is 0.0698. The monoisotopic (exact) mass is 354 g/mol. The van der Waals surface area contributed by atoms with Crippen LogP contribution in [0.5, 0.6) is 0 Å². The predicted octanol–water partition coefficient (Wildman–Crippen LogP) is 2.53. The number of hydrogen-bond acceptors (Lipinski definition) is 5. The Hall–Kier alpha value is -2.19. The predicted molar refractivity (Wildman–Crippen MR) is 76.3 cm³/mol. The maximum Gasteiger partial charge on any atom is 0.337 e. The van der Waals surface area contributed by atoms with Gasteiger partial charge in [0.2, 0.25) is 0 Å². The summed E-state index contributed by atoms with van der Waals surface area (Å²) in [6.07, 6.45) is 0. The molecule has 1 amide bonds. The fourth-order valence-electron chi connectivity index (χ4n) is 1.62. The van der Waals surface area contributed by atoms with Crippen molar-refractivity contribution in [2.75, 3.05) is 12.4 Å². The number of aromatic carboxylic acids is 1. The molecule has 1 aromatic carbocycles. The molecule has 0 saturated carbocycles. The number of ether oxygens (including phenoxy) is 1. The van der Waals surface area contributed by atoms with E-state index in [1.54, 1.807) is 6.07 Å². The van der Waals surface area contributed by atoms with Crippen LogP contribution in [0.15, 0.2) is 33.3 Å². The number of carboxylic acids is 1. The third-order valence-corrected chi connectivity index (χ3v) is 3.03. The van der Waals surface area contributed by atoms with Crippen molar-refractivity contribution in [1.29, 1.82) is 0 Å². The van der Waals surface area contributed by atoms with Crippen LogP contribution in [0, 0.1) is 0 Å². The second-order valence-corrected chi connectivity index (χ2v) is 4.98. The van der Waals surface area contributed by atoms with Gasteiger partial charge < -0.3 is 19.7 Å². The van der Waals surface area contributed by atoms with Crippen molar-refractivity contribution in [3.05, 3.63) is 45.8 Å². The van der Waals surface area contributed by atoms with Crippen LogP contribution >= 0.6 is 15.9 Å². The normalized spacial score (nSPS) is 10.4. The minimum Gasteiger partial charge on any atom is -0.478 e. The average molecular weight is 355 g/mol. The van der Waals surface area contributed by atoms with Crippen LogP contribution in [0.25, 0.3) is 0 Å². The molecule has 0 aliphatic heterocycles. The Balaban J connectivity index is 2.20. The molecule has 0 spiro atoms. The van der Waals surface area contributed by atoms with Crippen LogP contribution in [0.1, 0.15) is 26.6 Å². The molecule has 110 valence electrons. The maximum absolute atomic E-state index is 12.0. The molecule has 0 aliphatic rings. The quantitative estimate of drug-likeness (QED) is 0.855. The van der Waals surface area contributed by atoms with Crippen molar-refractivity contribution in [2.45, 2.75) is 6.61 Å². The molecule has 8 heteroatoms. The third-order valence-electron chi connectivity index (χ3n) is 2.54. The molecular weight excluding hydrogens is 344 g/mol. The Bertz CT molecular complexity index is 683. The summed E-state index contributed by atoms with van der Waals surface area (Å²) in [5.74, 6) is -1.31. The summed E-state index contributed by atoms with van der Waals surface area (Å²) in [7, 11) is 1.49. The third kappa shape index (κ3) is 3.67. The molecule has 7 nitrogen and oxygen atoms in total. The van der Waals surface area contributed by atoms with Crippen molar-refractivity contribution in [2.24, 2.45) is 0 Å². The van der Waals surface area contributed by atoms with Gasteiger partial charge in [0.25, 0.3) is 5.91 Å². The molecule has 0 bridgehead atoms. The highest BCUT2D eigenvalue weighted by Gasteiger charge is 2.17. The molecule has 0 radical (unpaired) electrons. The number of anilines is 1. The molecular formula is C13H11BrN2O5. The largest absolute Gasteiger partial charge is 0.478 e. The van der Waals surface area contributed by atoms with E-state index in [2.05, 4.69) is 26.4 Å². The minimum absolute atomic E-state index is 0.0293. The first-order valence-electron chi connectivity index (χ1n) is 5.80. The first-order valence-corrected chi connectivity index (χ1v) is 6.59. The van der Waals surface area contributed by atoms with Crippen molar-refractivity contribution >= 4 is 33.5 Å². The SMILES string of the molecule is COCc1cc(C(=O)Nc2ccc(Br)cc2C(=O)O)no1. The van der Waals surface area contributed by atoms with Crippen molar-refractivity contribution < 1.29 is 24.0 Å². The topological polar surface area (TPSA) is 102 Å². The smallest absolute Gasteiger partial charge is 0.337 e. The minimum atomic E-state index is -1.15. The number of carbonyl (C=O) groups is 2. The van der Waals surface area contributed by atoms with E-state index in [0.29, 0.717) is 10.2 Å². The second-order valence-electron chi connectivity index (χ2n) is 4.06. The zero-order chi connectivity index (χ0) is 15.4. The summed E-state index contributed by atoms with van der Waals surface area (Å²) < 4.78 is 10.4.